The number of rotatable bonds is 4. The molecule has 1 atom stereocenters. The Morgan fingerprint density at radius 3 is 2.69 bits per heavy atom. The lowest BCUT2D eigenvalue weighted by molar-refractivity contribution is -0.172. The van der Waals surface area contributed by atoms with Gasteiger partial charge in [-0.25, -0.2) is 9.78 Å². The van der Waals surface area contributed by atoms with Crippen LogP contribution in [0.5, 0.6) is 0 Å². The van der Waals surface area contributed by atoms with Crippen LogP contribution in [-0.2, 0) is 34.8 Å². The summed E-state index contributed by atoms with van der Waals surface area (Å²) in [6.45, 7) is 2.43. The van der Waals surface area contributed by atoms with Gasteiger partial charge < -0.3 is 19.7 Å². The SMILES string of the molecule is CC[C@@]1(O)C(=O)OCc2c1cc1n(c2=O)Cc2c-1nc1ccccc1c2CNc1ccc(Cl)cc1. The van der Waals surface area contributed by atoms with Gasteiger partial charge in [0.25, 0.3) is 5.56 Å². The molecule has 4 heterocycles. The molecule has 0 fully saturated rings. The second-order valence-electron chi connectivity index (χ2n) is 8.90. The third-order valence-corrected chi connectivity index (χ3v) is 7.28. The molecule has 0 amide bonds. The summed E-state index contributed by atoms with van der Waals surface area (Å²) < 4.78 is 6.84. The molecule has 2 N–H and O–H groups in total. The molecule has 2 aromatic carbocycles. The minimum Gasteiger partial charge on any atom is -0.458 e. The zero-order chi connectivity index (χ0) is 24.3. The Hall–Kier alpha value is -3.68. The van der Waals surface area contributed by atoms with Crippen molar-refractivity contribution in [3.05, 3.63) is 92.2 Å². The fourth-order valence-electron chi connectivity index (χ4n) is 5.07. The molecular weight excluding hydrogens is 466 g/mol. The molecule has 0 unspecified atom stereocenters. The molecule has 0 bridgehead atoms. The zero-order valence-electron chi connectivity index (χ0n) is 19.0. The van der Waals surface area contributed by atoms with E-state index in [1.165, 1.54) is 0 Å². The Kier molecular flexibility index (Phi) is 4.95. The van der Waals surface area contributed by atoms with Gasteiger partial charge in [0.05, 0.1) is 29.0 Å². The number of carbonyl (C=O) groups is 1. The number of ether oxygens (including phenoxy) is 1. The maximum Gasteiger partial charge on any atom is 0.343 e. The van der Waals surface area contributed by atoms with Gasteiger partial charge in [-0.1, -0.05) is 36.7 Å². The number of nitrogens with zero attached hydrogens (tertiary/aromatic N) is 2. The van der Waals surface area contributed by atoms with Gasteiger partial charge >= 0.3 is 5.97 Å². The summed E-state index contributed by atoms with van der Waals surface area (Å²) in [6, 6.07) is 17.1. The highest BCUT2D eigenvalue weighted by Gasteiger charge is 2.45. The second kappa shape index (κ2) is 7.93. The Morgan fingerprint density at radius 2 is 1.91 bits per heavy atom. The van der Waals surface area contributed by atoms with Gasteiger partial charge in [0.2, 0.25) is 0 Å². The van der Waals surface area contributed by atoms with Crippen LogP contribution in [0, 0.1) is 0 Å². The van der Waals surface area contributed by atoms with Crippen molar-refractivity contribution in [2.24, 2.45) is 0 Å². The number of aromatic nitrogens is 2. The third kappa shape index (κ3) is 3.26. The normalized spacial score (nSPS) is 18.1. The number of cyclic esters (lactones) is 1. The molecule has 8 heteroatoms. The second-order valence-corrected chi connectivity index (χ2v) is 9.33. The molecule has 0 radical (unpaired) electrons. The van der Waals surface area contributed by atoms with Gasteiger partial charge in [0, 0.05) is 33.8 Å². The summed E-state index contributed by atoms with van der Waals surface area (Å²) in [5.74, 6) is -0.727. The van der Waals surface area contributed by atoms with Crippen LogP contribution in [-0.4, -0.2) is 20.6 Å². The van der Waals surface area contributed by atoms with Crippen LogP contribution in [0.3, 0.4) is 0 Å². The first kappa shape index (κ1) is 21.8. The first-order chi connectivity index (χ1) is 16.9. The van der Waals surface area contributed by atoms with Crippen LogP contribution < -0.4 is 10.9 Å². The van der Waals surface area contributed by atoms with Crippen LogP contribution in [0.15, 0.2) is 59.4 Å². The number of nitrogens with one attached hydrogen (secondary N) is 1. The molecule has 0 saturated carbocycles. The van der Waals surface area contributed by atoms with E-state index in [9.17, 15) is 14.7 Å². The molecule has 2 aliphatic rings. The van der Waals surface area contributed by atoms with Crippen LogP contribution in [0.1, 0.15) is 35.6 Å². The van der Waals surface area contributed by atoms with Crippen molar-refractivity contribution in [1.29, 1.82) is 0 Å². The van der Waals surface area contributed by atoms with Crippen LogP contribution in [0.4, 0.5) is 5.69 Å². The third-order valence-electron chi connectivity index (χ3n) is 7.03. The molecule has 2 aliphatic heterocycles. The highest BCUT2D eigenvalue weighted by atomic mass is 35.5. The summed E-state index contributed by atoms with van der Waals surface area (Å²) in [4.78, 5) is 30.8. The van der Waals surface area contributed by atoms with Crippen LogP contribution in [0.25, 0.3) is 22.3 Å². The van der Waals surface area contributed by atoms with E-state index in [0.717, 1.165) is 27.7 Å². The van der Waals surface area contributed by atoms with Crippen LogP contribution >= 0.6 is 11.6 Å². The van der Waals surface area contributed by atoms with E-state index in [-0.39, 0.29) is 18.6 Å². The standard InChI is InChI=1S/C27H22ClN3O4/c1-2-27(34)21-11-23-24-19(13-31(23)25(32)20(21)14-35-26(27)33)18(17-5-3-4-6-22(17)30-24)12-29-16-9-7-15(28)8-10-16/h3-11,29,34H,2,12-14H2,1H3/t27-/m0/s1. The quantitative estimate of drug-likeness (QED) is 0.366. The lowest BCUT2D eigenvalue weighted by atomic mass is 9.86. The van der Waals surface area contributed by atoms with E-state index < -0.39 is 11.6 Å². The van der Waals surface area contributed by atoms with Gasteiger partial charge in [0.15, 0.2) is 5.60 Å². The molecule has 0 aliphatic carbocycles. The molecule has 4 aromatic rings. The lowest BCUT2D eigenvalue weighted by Gasteiger charge is -2.31. The predicted molar refractivity (Wildman–Crippen MR) is 133 cm³/mol. The first-order valence-corrected chi connectivity index (χ1v) is 11.9. The van der Waals surface area contributed by atoms with Gasteiger partial charge in [0.1, 0.15) is 6.61 Å². The van der Waals surface area contributed by atoms with E-state index >= 15 is 0 Å². The van der Waals surface area contributed by atoms with E-state index in [0.29, 0.717) is 40.6 Å². The molecule has 0 spiro atoms. The largest absolute Gasteiger partial charge is 0.458 e. The van der Waals surface area contributed by atoms with Crippen molar-refractivity contribution in [3.63, 3.8) is 0 Å². The predicted octanol–water partition coefficient (Wildman–Crippen LogP) is 4.35. The maximum absolute atomic E-state index is 13.5. The highest BCUT2D eigenvalue weighted by Crippen LogP contribution is 2.40. The van der Waals surface area contributed by atoms with Gasteiger partial charge in [-0.15, -0.1) is 0 Å². The number of fused-ring (bicyclic) bond motifs is 5. The molecular formula is C27H22ClN3O4. The number of halogens is 1. The average molecular weight is 488 g/mol. The fourth-order valence-corrected chi connectivity index (χ4v) is 5.20. The lowest BCUT2D eigenvalue weighted by Crippen LogP contribution is -2.44. The van der Waals surface area contributed by atoms with E-state index in [1.54, 1.807) is 17.6 Å². The highest BCUT2D eigenvalue weighted by molar-refractivity contribution is 6.30. The maximum atomic E-state index is 13.5. The molecule has 0 saturated heterocycles. The number of carbonyl (C=O) groups excluding carboxylic acids is 1. The molecule has 6 rings (SSSR count). The van der Waals surface area contributed by atoms with Crippen molar-refractivity contribution in [2.75, 3.05) is 5.32 Å². The minimum atomic E-state index is -1.85. The Bertz CT molecular complexity index is 1580. The molecule has 2 aromatic heterocycles. The zero-order valence-corrected chi connectivity index (χ0v) is 19.7. The van der Waals surface area contributed by atoms with Crippen LogP contribution in [0.2, 0.25) is 5.02 Å². The van der Waals surface area contributed by atoms with Gasteiger partial charge in [-0.05, 0) is 48.4 Å². The van der Waals surface area contributed by atoms with Crippen molar-refractivity contribution in [1.82, 2.24) is 9.55 Å². The number of anilines is 1. The summed E-state index contributed by atoms with van der Waals surface area (Å²) in [5, 5.41) is 16.2. The monoisotopic (exact) mass is 487 g/mol. The number of aliphatic hydroxyl groups is 1. The number of hydrogen-bond donors (Lipinski definition) is 2. The van der Waals surface area contributed by atoms with E-state index in [1.807, 2.05) is 48.5 Å². The molecule has 35 heavy (non-hydrogen) atoms. The topological polar surface area (TPSA) is 93.5 Å². The van der Waals surface area contributed by atoms with Crippen molar-refractivity contribution < 1.29 is 14.6 Å². The number of hydrogen-bond acceptors (Lipinski definition) is 6. The first-order valence-electron chi connectivity index (χ1n) is 11.5. The number of benzene rings is 2. The molecule has 176 valence electrons. The van der Waals surface area contributed by atoms with Gasteiger partial charge in [-0.2, -0.15) is 0 Å². The summed E-state index contributed by atoms with van der Waals surface area (Å²) in [5.41, 5.74) is 3.52. The number of para-hydroxylation sites is 1. The van der Waals surface area contributed by atoms with E-state index in [2.05, 4.69) is 5.32 Å². The average Bonchev–Trinajstić information content (AvgIpc) is 3.24. The van der Waals surface area contributed by atoms with E-state index in [4.69, 9.17) is 21.3 Å². The van der Waals surface area contributed by atoms with Crippen molar-refractivity contribution in [2.45, 2.75) is 38.6 Å². The number of pyridine rings is 2. The Balaban J connectivity index is 1.53. The summed E-state index contributed by atoms with van der Waals surface area (Å²) in [6.07, 6.45) is 0.107. The summed E-state index contributed by atoms with van der Waals surface area (Å²) >= 11 is 6.03. The van der Waals surface area contributed by atoms with Gasteiger partial charge in [-0.3, -0.25) is 4.79 Å². The molecule has 7 nitrogen and oxygen atoms in total. The Labute approximate surface area is 206 Å². The van der Waals surface area contributed by atoms with Crippen molar-refractivity contribution in [3.8, 4) is 11.4 Å². The number of esters is 1. The smallest absolute Gasteiger partial charge is 0.343 e. The minimum absolute atomic E-state index is 0.107. The summed E-state index contributed by atoms with van der Waals surface area (Å²) in [7, 11) is 0. The van der Waals surface area contributed by atoms with Crippen molar-refractivity contribution >= 4 is 34.2 Å². The Morgan fingerprint density at radius 1 is 1.14 bits per heavy atom. The fraction of sp³-hybridized carbons (Fsp3) is 0.222.